The number of guanidine groups is 1. The average Bonchev–Trinajstić information content (AvgIpc) is 2.78. The van der Waals surface area contributed by atoms with Crippen LogP contribution in [0, 0.1) is 0 Å². The van der Waals surface area contributed by atoms with Gasteiger partial charge in [-0.3, -0.25) is 4.99 Å². The van der Waals surface area contributed by atoms with E-state index in [1.807, 2.05) is 7.05 Å². The maximum atomic E-state index is 4.35. The van der Waals surface area contributed by atoms with Gasteiger partial charge in [0.1, 0.15) is 5.82 Å². The molecule has 6 nitrogen and oxygen atoms in total. The third-order valence-corrected chi connectivity index (χ3v) is 4.45. The van der Waals surface area contributed by atoms with Gasteiger partial charge in [-0.2, -0.15) is 0 Å². The van der Waals surface area contributed by atoms with Gasteiger partial charge in [-0.1, -0.05) is 32.6 Å². The summed E-state index contributed by atoms with van der Waals surface area (Å²) in [5, 5.41) is 15.5. The van der Waals surface area contributed by atoms with Crippen molar-refractivity contribution < 1.29 is 0 Å². The third kappa shape index (κ3) is 6.57. The number of nitrogens with zero attached hydrogens (tertiary/aromatic N) is 4. The van der Waals surface area contributed by atoms with Crippen molar-refractivity contribution in [3.63, 3.8) is 0 Å². The number of rotatable bonds is 7. The summed E-state index contributed by atoms with van der Waals surface area (Å²) in [4.78, 5) is 4.32. The summed E-state index contributed by atoms with van der Waals surface area (Å²) in [7, 11) is 1.82. The van der Waals surface area contributed by atoms with E-state index in [1.54, 1.807) is 0 Å². The maximum absolute atomic E-state index is 4.35. The highest BCUT2D eigenvalue weighted by Crippen LogP contribution is 2.14. The molecule has 1 atom stereocenters. The SMILES string of the molecule is CCCCCC(C)NC(=NC)NCc1nnc2n1CCCCC2.I. The Hall–Kier alpha value is -0.860. The van der Waals surface area contributed by atoms with Gasteiger partial charge in [0.05, 0.1) is 6.54 Å². The van der Waals surface area contributed by atoms with E-state index in [0.29, 0.717) is 12.6 Å². The van der Waals surface area contributed by atoms with Crippen molar-refractivity contribution in [3.8, 4) is 0 Å². The molecule has 7 heteroatoms. The summed E-state index contributed by atoms with van der Waals surface area (Å²) in [5.41, 5.74) is 0. The first-order valence-corrected chi connectivity index (χ1v) is 9.12. The van der Waals surface area contributed by atoms with Crippen molar-refractivity contribution in [1.29, 1.82) is 0 Å². The Morgan fingerprint density at radius 3 is 2.83 bits per heavy atom. The van der Waals surface area contributed by atoms with Crippen molar-refractivity contribution in [2.45, 2.75) is 84.3 Å². The first-order chi connectivity index (χ1) is 11.2. The summed E-state index contributed by atoms with van der Waals surface area (Å²) in [5.74, 6) is 3.00. The summed E-state index contributed by atoms with van der Waals surface area (Å²) in [6.45, 7) is 6.17. The molecular weight excluding hydrogens is 415 g/mol. The van der Waals surface area contributed by atoms with Crippen molar-refractivity contribution in [2.75, 3.05) is 7.05 Å². The minimum absolute atomic E-state index is 0. The topological polar surface area (TPSA) is 67.1 Å². The van der Waals surface area contributed by atoms with Crippen molar-refractivity contribution in [3.05, 3.63) is 11.6 Å². The molecule has 0 bridgehead atoms. The second kappa shape index (κ2) is 11.7. The smallest absolute Gasteiger partial charge is 0.191 e. The van der Waals surface area contributed by atoms with E-state index >= 15 is 0 Å². The Balaban J connectivity index is 0.00000288. The second-order valence-corrected chi connectivity index (χ2v) is 6.46. The van der Waals surface area contributed by atoms with Crippen LogP contribution in [0.25, 0.3) is 0 Å². The molecule has 2 heterocycles. The number of hydrogen-bond acceptors (Lipinski definition) is 3. The fourth-order valence-electron chi connectivity index (χ4n) is 3.04. The lowest BCUT2D eigenvalue weighted by Gasteiger charge is -2.18. The molecule has 1 aromatic rings. The molecule has 1 unspecified atom stereocenters. The number of aryl methyl sites for hydroxylation is 1. The van der Waals surface area contributed by atoms with Crippen LogP contribution in [-0.4, -0.2) is 33.8 Å². The Bertz CT molecular complexity index is 499. The van der Waals surface area contributed by atoms with Crippen molar-refractivity contribution >= 4 is 29.9 Å². The number of hydrogen-bond donors (Lipinski definition) is 2. The van der Waals surface area contributed by atoms with E-state index in [4.69, 9.17) is 0 Å². The molecule has 24 heavy (non-hydrogen) atoms. The molecule has 138 valence electrons. The molecule has 1 aliphatic rings. The molecule has 2 N–H and O–H groups in total. The zero-order valence-corrected chi connectivity index (χ0v) is 17.7. The normalized spacial score (nSPS) is 15.9. The standard InChI is InChI=1S/C17H32N6.HI/c1-4-5-7-10-14(2)20-17(18-3)19-13-16-22-21-15-11-8-6-9-12-23(15)16;/h14H,4-13H2,1-3H3,(H2,18,19,20);1H. The van der Waals surface area contributed by atoms with E-state index in [-0.39, 0.29) is 24.0 Å². The minimum Gasteiger partial charge on any atom is -0.354 e. The predicted molar refractivity (Wildman–Crippen MR) is 110 cm³/mol. The molecule has 0 aliphatic carbocycles. The summed E-state index contributed by atoms with van der Waals surface area (Å²) >= 11 is 0. The summed E-state index contributed by atoms with van der Waals surface area (Å²) in [6, 6.07) is 0.434. The van der Waals surface area contributed by atoms with Crippen molar-refractivity contribution in [1.82, 2.24) is 25.4 Å². The fourth-order valence-corrected chi connectivity index (χ4v) is 3.04. The lowest BCUT2D eigenvalue weighted by Crippen LogP contribution is -2.42. The van der Waals surface area contributed by atoms with E-state index in [0.717, 1.165) is 30.6 Å². The summed E-state index contributed by atoms with van der Waals surface area (Å²) < 4.78 is 2.28. The zero-order valence-electron chi connectivity index (χ0n) is 15.3. The molecule has 0 saturated carbocycles. The third-order valence-electron chi connectivity index (χ3n) is 4.45. The Morgan fingerprint density at radius 1 is 1.25 bits per heavy atom. The molecule has 0 amide bonds. The van der Waals surface area contributed by atoms with Gasteiger partial charge >= 0.3 is 0 Å². The molecule has 0 fully saturated rings. The van der Waals surface area contributed by atoms with Gasteiger partial charge in [0.2, 0.25) is 0 Å². The Kier molecular flexibility index (Phi) is 10.3. The van der Waals surface area contributed by atoms with E-state index in [1.165, 1.54) is 44.9 Å². The van der Waals surface area contributed by atoms with Gasteiger partial charge in [-0.05, 0) is 26.2 Å². The van der Waals surface area contributed by atoms with Gasteiger partial charge in [-0.15, -0.1) is 34.2 Å². The molecule has 0 aromatic carbocycles. The Labute approximate surface area is 163 Å². The van der Waals surface area contributed by atoms with Crippen LogP contribution < -0.4 is 10.6 Å². The van der Waals surface area contributed by atoms with Gasteiger partial charge < -0.3 is 15.2 Å². The van der Waals surface area contributed by atoms with Gasteiger partial charge in [0, 0.05) is 26.1 Å². The molecule has 1 aromatic heterocycles. The number of halogens is 1. The molecule has 2 rings (SSSR count). The van der Waals surface area contributed by atoms with Gasteiger partial charge in [0.15, 0.2) is 11.8 Å². The first-order valence-electron chi connectivity index (χ1n) is 9.12. The predicted octanol–water partition coefficient (Wildman–Crippen LogP) is 3.26. The number of nitrogens with one attached hydrogen (secondary N) is 2. The van der Waals surface area contributed by atoms with Crippen LogP contribution in [0.15, 0.2) is 4.99 Å². The summed E-state index contributed by atoms with van der Waals surface area (Å²) in [6.07, 6.45) is 9.78. The monoisotopic (exact) mass is 448 g/mol. The fraction of sp³-hybridized carbons (Fsp3) is 0.824. The van der Waals surface area contributed by atoms with E-state index in [9.17, 15) is 0 Å². The van der Waals surface area contributed by atoms with Gasteiger partial charge in [-0.25, -0.2) is 0 Å². The second-order valence-electron chi connectivity index (χ2n) is 6.46. The first kappa shape index (κ1) is 21.2. The van der Waals surface area contributed by atoms with Crippen LogP contribution in [0.3, 0.4) is 0 Å². The van der Waals surface area contributed by atoms with Crippen LogP contribution >= 0.6 is 24.0 Å². The van der Waals surface area contributed by atoms with Crippen LogP contribution in [0.2, 0.25) is 0 Å². The minimum atomic E-state index is 0. The molecular formula is C17H33IN6. The van der Waals surface area contributed by atoms with Crippen molar-refractivity contribution in [2.24, 2.45) is 4.99 Å². The maximum Gasteiger partial charge on any atom is 0.191 e. The lowest BCUT2D eigenvalue weighted by molar-refractivity contribution is 0.543. The number of fused-ring (bicyclic) bond motifs is 1. The largest absolute Gasteiger partial charge is 0.354 e. The van der Waals surface area contributed by atoms with Gasteiger partial charge in [0.25, 0.3) is 0 Å². The highest BCUT2D eigenvalue weighted by atomic mass is 127. The highest BCUT2D eigenvalue weighted by Gasteiger charge is 2.15. The van der Waals surface area contributed by atoms with Crippen LogP contribution in [0.1, 0.15) is 70.4 Å². The molecule has 0 saturated heterocycles. The highest BCUT2D eigenvalue weighted by molar-refractivity contribution is 14.0. The van der Waals surface area contributed by atoms with Crippen LogP contribution in [0.5, 0.6) is 0 Å². The van der Waals surface area contributed by atoms with E-state index in [2.05, 4.69) is 44.2 Å². The van der Waals surface area contributed by atoms with E-state index < -0.39 is 0 Å². The van der Waals surface area contributed by atoms with Crippen LogP contribution in [0.4, 0.5) is 0 Å². The quantitative estimate of drug-likeness (QED) is 0.291. The lowest BCUT2D eigenvalue weighted by atomic mass is 10.1. The number of aromatic nitrogens is 3. The Morgan fingerprint density at radius 2 is 2.08 bits per heavy atom. The molecule has 0 radical (unpaired) electrons. The number of aliphatic imine (C=N–C) groups is 1. The molecule has 1 aliphatic heterocycles. The van der Waals surface area contributed by atoms with Crippen LogP contribution in [-0.2, 0) is 19.5 Å². The average molecular weight is 448 g/mol. The number of unbranched alkanes of at least 4 members (excludes halogenated alkanes) is 2. The zero-order chi connectivity index (χ0) is 16.5. The molecule has 0 spiro atoms.